The molecular weight excluding hydrogens is 346 g/mol. The lowest BCUT2D eigenvalue weighted by molar-refractivity contribution is -0.384. The molecule has 144 valence electrons. The Bertz CT molecular complexity index is 636. The molecule has 1 amide bonds. The van der Waals surface area contributed by atoms with Gasteiger partial charge in [-0.2, -0.15) is 0 Å². The van der Waals surface area contributed by atoms with Crippen molar-refractivity contribution in [1.29, 1.82) is 0 Å². The van der Waals surface area contributed by atoms with E-state index in [1.807, 2.05) is 0 Å². The van der Waals surface area contributed by atoms with E-state index in [4.69, 9.17) is 14.2 Å². The van der Waals surface area contributed by atoms with E-state index < -0.39 is 16.8 Å². The SMILES string of the molecule is CCOC(=O)CN(CCOC)CC(=O)Nc1ccc([N+](=O)[O-])cc1OC. The molecule has 0 aliphatic heterocycles. The molecule has 0 unspecified atom stereocenters. The van der Waals surface area contributed by atoms with Crippen molar-refractivity contribution in [2.75, 3.05) is 52.4 Å². The van der Waals surface area contributed by atoms with Crippen molar-refractivity contribution in [3.8, 4) is 5.75 Å². The van der Waals surface area contributed by atoms with Crippen molar-refractivity contribution in [3.05, 3.63) is 28.3 Å². The van der Waals surface area contributed by atoms with Gasteiger partial charge < -0.3 is 19.5 Å². The Labute approximate surface area is 151 Å². The first kappa shape index (κ1) is 21.3. The fourth-order valence-corrected chi connectivity index (χ4v) is 2.11. The smallest absolute Gasteiger partial charge is 0.320 e. The molecule has 26 heavy (non-hydrogen) atoms. The van der Waals surface area contributed by atoms with Gasteiger partial charge in [-0.05, 0) is 13.0 Å². The summed E-state index contributed by atoms with van der Waals surface area (Å²) in [4.78, 5) is 35.7. The number of benzene rings is 1. The molecule has 10 heteroatoms. The number of hydrogen-bond donors (Lipinski definition) is 1. The van der Waals surface area contributed by atoms with Crippen LogP contribution in [0.4, 0.5) is 11.4 Å². The van der Waals surface area contributed by atoms with Gasteiger partial charge in [0.1, 0.15) is 5.75 Å². The van der Waals surface area contributed by atoms with E-state index in [9.17, 15) is 19.7 Å². The van der Waals surface area contributed by atoms with Gasteiger partial charge in [0.2, 0.25) is 5.91 Å². The number of rotatable bonds is 11. The largest absolute Gasteiger partial charge is 0.494 e. The van der Waals surface area contributed by atoms with Crippen LogP contribution in [-0.2, 0) is 19.1 Å². The van der Waals surface area contributed by atoms with Crippen LogP contribution in [0.2, 0.25) is 0 Å². The van der Waals surface area contributed by atoms with E-state index in [1.165, 1.54) is 32.4 Å². The summed E-state index contributed by atoms with van der Waals surface area (Å²) in [6.07, 6.45) is 0. The summed E-state index contributed by atoms with van der Waals surface area (Å²) in [7, 11) is 2.87. The molecule has 1 N–H and O–H groups in total. The highest BCUT2D eigenvalue weighted by Crippen LogP contribution is 2.28. The molecule has 0 atom stereocenters. The highest BCUT2D eigenvalue weighted by Gasteiger charge is 2.17. The Morgan fingerprint density at radius 1 is 1.27 bits per heavy atom. The molecule has 1 aromatic rings. The Balaban J connectivity index is 2.77. The average Bonchev–Trinajstić information content (AvgIpc) is 2.59. The van der Waals surface area contributed by atoms with Gasteiger partial charge in [0.05, 0.1) is 50.1 Å². The quantitative estimate of drug-likeness (QED) is 0.349. The Hall–Kier alpha value is -2.72. The number of methoxy groups -OCH3 is 2. The number of carbonyl (C=O) groups is 2. The van der Waals surface area contributed by atoms with E-state index in [-0.39, 0.29) is 31.1 Å². The first-order valence-corrected chi connectivity index (χ1v) is 7.90. The summed E-state index contributed by atoms with van der Waals surface area (Å²) < 4.78 is 14.9. The van der Waals surface area contributed by atoms with Crippen molar-refractivity contribution in [2.45, 2.75) is 6.92 Å². The number of nitrogens with one attached hydrogen (secondary N) is 1. The number of anilines is 1. The highest BCUT2D eigenvalue weighted by molar-refractivity contribution is 5.94. The first-order chi connectivity index (χ1) is 12.4. The van der Waals surface area contributed by atoms with Crippen LogP contribution in [0.3, 0.4) is 0 Å². The fraction of sp³-hybridized carbons (Fsp3) is 0.500. The number of nitro groups is 1. The van der Waals surface area contributed by atoms with Crippen LogP contribution in [0.15, 0.2) is 18.2 Å². The average molecular weight is 369 g/mol. The van der Waals surface area contributed by atoms with Gasteiger partial charge in [0, 0.05) is 19.7 Å². The summed E-state index contributed by atoms with van der Waals surface area (Å²) in [5.41, 5.74) is 0.148. The molecule has 0 fully saturated rings. The minimum Gasteiger partial charge on any atom is -0.494 e. The number of non-ortho nitro benzene ring substituents is 1. The van der Waals surface area contributed by atoms with E-state index in [0.717, 1.165) is 0 Å². The Kier molecular flexibility index (Phi) is 9.02. The highest BCUT2D eigenvalue weighted by atomic mass is 16.6. The van der Waals surface area contributed by atoms with Gasteiger partial charge >= 0.3 is 5.97 Å². The lowest BCUT2D eigenvalue weighted by Gasteiger charge is -2.20. The number of nitro benzene ring substituents is 1. The second kappa shape index (κ2) is 11.0. The molecule has 10 nitrogen and oxygen atoms in total. The van der Waals surface area contributed by atoms with E-state index in [0.29, 0.717) is 18.8 Å². The third-order valence-corrected chi connectivity index (χ3v) is 3.31. The van der Waals surface area contributed by atoms with Crippen molar-refractivity contribution >= 4 is 23.3 Å². The lowest BCUT2D eigenvalue weighted by Crippen LogP contribution is -2.39. The molecule has 0 radical (unpaired) electrons. The van der Waals surface area contributed by atoms with Crippen molar-refractivity contribution in [2.24, 2.45) is 0 Å². The zero-order valence-corrected chi connectivity index (χ0v) is 15.0. The van der Waals surface area contributed by atoms with Crippen LogP contribution in [0.25, 0.3) is 0 Å². The molecule has 0 saturated heterocycles. The Morgan fingerprint density at radius 3 is 2.58 bits per heavy atom. The topological polar surface area (TPSA) is 120 Å². The molecule has 0 aliphatic rings. The van der Waals surface area contributed by atoms with Gasteiger partial charge in [-0.3, -0.25) is 24.6 Å². The standard InChI is InChI=1S/C16H23N3O7/c1-4-26-16(21)11-18(7-8-24-2)10-15(20)17-13-6-5-12(19(22)23)9-14(13)25-3/h5-6,9H,4,7-8,10-11H2,1-3H3,(H,17,20). The predicted octanol–water partition coefficient (Wildman–Crippen LogP) is 1.05. The maximum Gasteiger partial charge on any atom is 0.320 e. The number of nitrogens with zero attached hydrogens (tertiary/aromatic N) is 2. The molecule has 0 aromatic heterocycles. The van der Waals surface area contributed by atoms with Crippen LogP contribution in [0.5, 0.6) is 5.75 Å². The summed E-state index contributed by atoms with van der Waals surface area (Å²) in [6.45, 7) is 2.52. The number of carbonyl (C=O) groups excluding carboxylic acids is 2. The summed E-state index contributed by atoms with van der Waals surface area (Å²) in [6, 6.07) is 3.87. The third kappa shape index (κ3) is 7.03. The van der Waals surface area contributed by atoms with E-state index in [1.54, 1.807) is 11.8 Å². The molecule has 0 saturated carbocycles. The monoisotopic (exact) mass is 369 g/mol. The zero-order valence-electron chi connectivity index (χ0n) is 15.0. The van der Waals surface area contributed by atoms with Gasteiger partial charge in [-0.15, -0.1) is 0 Å². The first-order valence-electron chi connectivity index (χ1n) is 7.90. The van der Waals surface area contributed by atoms with Crippen molar-refractivity contribution in [3.63, 3.8) is 0 Å². The molecule has 0 heterocycles. The van der Waals surface area contributed by atoms with Gasteiger partial charge in [-0.1, -0.05) is 0 Å². The fourth-order valence-electron chi connectivity index (χ4n) is 2.11. The van der Waals surface area contributed by atoms with Crippen LogP contribution >= 0.6 is 0 Å². The van der Waals surface area contributed by atoms with Crippen LogP contribution < -0.4 is 10.1 Å². The van der Waals surface area contributed by atoms with E-state index >= 15 is 0 Å². The molecule has 0 bridgehead atoms. The summed E-state index contributed by atoms with van der Waals surface area (Å²) in [5.74, 6) is -0.678. The molecular formula is C16H23N3O7. The molecule has 0 spiro atoms. The van der Waals surface area contributed by atoms with Crippen molar-refractivity contribution < 1.29 is 28.7 Å². The maximum atomic E-state index is 12.3. The summed E-state index contributed by atoms with van der Waals surface area (Å²) >= 11 is 0. The number of esters is 1. The summed E-state index contributed by atoms with van der Waals surface area (Å²) in [5, 5.41) is 13.4. The zero-order chi connectivity index (χ0) is 19.5. The van der Waals surface area contributed by atoms with E-state index in [2.05, 4.69) is 5.32 Å². The minimum absolute atomic E-state index is 0.0536. The molecule has 1 aromatic carbocycles. The Morgan fingerprint density at radius 2 is 2.00 bits per heavy atom. The van der Waals surface area contributed by atoms with Crippen molar-refractivity contribution in [1.82, 2.24) is 4.90 Å². The molecule has 1 rings (SSSR count). The minimum atomic E-state index is -0.556. The van der Waals surface area contributed by atoms with Crippen LogP contribution in [-0.4, -0.2) is 68.8 Å². The van der Waals surface area contributed by atoms with Gasteiger partial charge in [0.25, 0.3) is 5.69 Å². The number of hydrogen-bond acceptors (Lipinski definition) is 8. The van der Waals surface area contributed by atoms with Gasteiger partial charge in [-0.25, -0.2) is 0 Å². The number of amides is 1. The lowest BCUT2D eigenvalue weighted by atomic mass is 10.2. The second-order valence-electron chi connectivity index (χ2n) is 5.20. The second-order valence-corrected chi connectivity index (χ2v) is 5.20. The van der Waals surface area contributed by atoms with Gasteiger partial charge in [0.15, 0.2) is 0 Å². The number of ether oxygens (including phenoxy) is 3. The normalized spacial score (nSPS) is 10.5. The van der Waals surface area contributed by atoms with Crippen LogP contribution in [0.1, 0.15) is 6.92 Å². The molecule has 0 aliphatic carbocycles. The third-order valence-electron chi connectivity index (χ3n) is 3.31. The maximum absolute atomic E-state index is 12.3. The predicted molar refractivity (Wildman–Crippen MR) is 93.2 cm³/mol. The van der Waals surface area contributed by atoms with Crippen LogP contribution in [0, 0.1) is 10.1 Å².